The Kier molecular flexibility index (Phi) is 135. The number of esters is 2. The highest BCUT2D eigenvalue weighted by atomic mass is 35.5. The second kappa shape index (κ2) is 120. The summed E-state index contributed by atoms with van der Waals surface area (Å²) >= 11 is 104. The lowest BCUT2D eigenvalue weighted by atomic mass is 9.95. The fourth-order valence-corrected chi connectivity index (χ4v) is 14.3. The number of hydrogen-bond donors (Lipinski definition) is 33. The Morgan fingerprint density at radius 3 is 0.877 bits per heavy atom. The number of thiol groups is 24. The Morgan fingerprint density at radius 2 is 0.644 bits per heavy atom. The second-order valence-corrected chi connectivity index (χ2v) is 40.2. The third-order valence-corrected chi connectivity index (χ3v) is 26.3. The van der Waals surface area contributed by atoms with Gasteiger partial charge in [0.05, 0.1) is 89.2 Å². The van der Waals surface area contributed by atoms with Gasteiger partial charge in [0, 0.05) is 71.5 Å². The van der Waals surface area contributed by atoms with E-state index in [0.717, 1.165) is 117 Å². The van der Waals surface area contributed by atoms with Crippen LogP contribution in [0.5, 0.6) is 0 Å². The molecule has 0 saturated heterocycles. The van der Waals surface area contributed by atoms with E-state index in [2.05, 4.69) is 368 Å². The van der Waals surface area contributed by atoms with Crippen molar-refractivity contribution < 1.29 is 106 Å². The average Bonchev–Trinajstić information content (AvgIpc) is 0.773. The summed E-state index contributed by atoms with van der Waals surface area (Å²) < 4.78 is 95.9. The lowest BCUT2D eigenvalue weighted by Crippen LogP contribution is -2.57. The molecule has 1 atom stereocenters. The first-order valence-electron chi connectivity index (χ1n) is 45.7. The number of rotatable bonds is 45. The fraction of sp³-hybridized carbons (Fsp3) is 0.556. The highest BCUT2D eigenvalue weighted by Gasteiger charge is 2.71. The minimum Gasteiger partial charge on any atom is -0.461 e. The van der Waals surface area contributed by atoms with Crippen LogP contribution in [0, 0.1) is 39.5 Å². The number of unbranched alkanes of at least 4 members (excludes halogenated alkanes) is 14. The normalized spacial score (nSPS) is 10.3. The third kappa shape index (κ3) is 104. The summed E-state index contributed by atoms with van der Waals surface area (Å²) in [4.78, 5) is 30.3. The quantitative estimate of drug-likeness (QED) is 0.00556. The molecule has 16 nitrogen and oxygen atoms in total. The first-order chi connectivity index (χ1) is 69.4. The lowest BCUT2D eigenvalue weighted by Gasteiger charge is -2.30. The van der Waals surface area contributed by atoms with Crippen LogP contribution in [0.4, 0.5) is 26.3 Å². The largest absolute Gasteiger partial charge is 0.461 e. The van der Waals surface area contributed by atoms with E-state index in [-0.39, 0.29) is 76.2 Å². The van der Waals surface area contributed by atoms with Crippen LogP contribution in [0.15, 0.2) is 176 Å². The summed E-state index contributed by atoms with van der Waals surface area (Å²) in [6.45, 7) is 6.00. The zero-order chi connectivity index (χ0) is 113. The van der Waals surface area contributed by atoms with Crippen molar-refractivity contribution in [2.75, 3.05) is 176 Å². The molecule has 846 valence electrons. The van der Waals surface area contributed by atoms with Gasteiger partial charge in [-0.05, 0) is 235 Å². The number of ether oxygens (including phenoxy) is 5. The van der Waals surface area contributed by atoms with E-state index < -0.39 is 42.9 Å². The molecule has 0 aliphatic heterocycles. The molecule has 7 rings (SSSR count). The van der Waals surface area contributed by atoms with Crippen LogP contribution in [-0.4, -0.2) is 257 Å². The number of aliphatic hydroxyl groups is 9. The summed E-state index contributed by atoms with van der Waals surface area (Å²) in [6.07, 6.45) is 22.7. The molecule has 9 N–H and O–H groups in total. The van der Waals surface area contributed by atoms with E-state index >= 15 is 0 Å². The first-order valence-corrected chi connectivity index (χ1v) is 59.3. The third-order valence-electron chi connectivity index (χ3n) is 17.0. The van der Waals surface area contributed by atoms with E-state index in [9.17, 15) is 35.9 Å². The number of halogens is 7. The minimum absolute atomic E-state index is 0.0278. The molecule has 0 heterocycles. The van der Waals surface area contributed by atoms with Crippen LogP contribution in [0.1, 0.15) is 143 Å². The molecule has 0 aromatic heterocycles. The van der Waals surface area contributed by atoms with Gasteiger partial charge in [-0.15, -0.1) is 126 Å². The molecule has 0 radical (unpaired) electrons. The van der Waals surface area contributed by atoms with Crippen molar-refractivity contribution in [3.05, 3.63) is 166 Å². The van der Waals surface area contributed by atoms with Gasteiger partial charge in [-0.25, -0.2) is 0 Å². The molecule has 0 amide bonds. The van der Waals surface area contributed by atoms with Gasteiger partial charge in [0.1, 0.15) is 39.6 Å². The number of carbonyl (C=O) groups excluding carboxylic acids is 2. The van der Waals surface area contributed by atoms with Gasteiger partial charge in [-0.3, -0.25) is 9.59 Å². The highest BCUT2D eigenvalue weighted by Crippen LogP contribution is 2.45. The Hall–Kier alpha value is 1.09. The Morgan fingerprint density at radius 1 is 0.342 bits per heavy atom. The lowest BCUT2D eigenvalue weighted by molar-refractivity contribution is -0.323. The van der Waals surface area contributed by atoms with Gasteiger partial charge < -0.3 is 69.6 Å². The first kappa shape index (κ1) is 165. The predicted octanol–water partition coefficient (Wildman–Crippen LogP) is 24.9. The van der Waals surface area contributed by atoms with Gasteiger partial charge in [0.2, 0.25) is 0 Å². The summed E-state index contributed by atoms with van der Waals surface area (Å²) in [6, 6.07) is 40.9. The van der Waals surface area contributed by atoms with E-state index in [1.165, 1.54) is 143 Å². The molecule has 7 aromatic carbocycles. The minimum atomic E-state index is -5.77. The SMILES string of the molecule is Cc1cc(C)c(CS)c(C)c1CS.Cc1ccc(S)c(S)c1.O=C(CS)OCCOC(=O)CS.OCC#CCO.OCC(F)(F)C(F)(F)C(F)(F)CO.OCC(S)CS.OCCOCCO.OCCOCCOCCO.SCCCCCCCCCS.SCCCCCCCCS.SCCCCCCS.SCCS.Sc1ccc(Cl)c(S)c1.Sc1ccc(S)cc1.Sc1cccc2c(S)cccc12.Sc1ccccc1S. The van der Waals surface area contributed by atoms with E-state index in [1.54, 1.807) is 12.1 Å². The molecule has 0 aliphatic carbocycles. The van der Waals surface area contributed by atoms with E-state index in [1.807, 2.05) is 104 Å². The van der Waals surface area contributed by atoms with Gasteiger partial charge in [-0.2, -0.15) is 203 Å². The monoisotopic (exact) mass is 2520 g/mol. The van der Waals surface area contributed by atoms with Crippen LogP contribution < -0.4 is 0 Å². The number of fused-ring (bicyclic) bond motifs is 1. The summed E-state index contributed by atoms with van der Waals surface area (Å²) in [7, 11) is 0. The van der Waals surface area contributed by atoms with Gasteiger partial charge >= 0.3 is 29.7 Å². The molecule has 7 aromatic rings. The number of hydrogen-bond acceptors (Lipinski definition) is 40. The van der Waals surface area contributed by atoms with Crippen molar-refractivity contribution in [2.24, 2.45) is 0 Å². The van der Waals surface area contributed by atoms with Crippen LogP contribution in [0.3, 0.4) is 0 Å². The molecule has 47 heteroatoms. The molecule has 0 saturated carbocycles. The van der Waals surface area contributed by atoms with Crippen molar-refractivity contribution in [1.29, 1.82) is 0 Å². The molecule has 0 fully saturated rings. The standard InChI is InChI=1S/C11H16S2.C10H8S2.C9H20S2.C8H18S2.C7H8S2.C6H5ClS2.C6H10O4S2.C6H14O4.2C6H6S2.C6H14S2.C5H6F6O2.C4H10O3.C4H6O2.C3H8OS2.C2H6S2/c1-7-4-8(2)11(6-13)9(3)10(7)5-12;11-9-5-1-3-7-8(9)4-2-6-10(7)12;10-8-6-4-2-1-3-5-7-9-11;9-7-5-3-1-2-4-6-8-10;1-5-2-3-6(8)7(9)4-5;7-5-2-1-4(8)3-6(5)9;7-5(3-11)9-1-2-10-6(8)4-12;7-1-3-9-5-6-10-4-2-8;7-5-1-2-6(8)4-3-5;7-5-3-1-2-4-6(5)8;7-5-3-1-2-4-6-8;6-3(7,1-12)5(10,11)4(8,9)2-13;5-1-3-7-4-2-6;5-3-1-2-4-6;4-1-3(6)2-5;3-1-2-4/h4,12-13H,5-6H2,1-3H3;1-6,11-12H;10-11H,1-9H2;9-10H,1-8H2;2-4,8-9H,1H3;1-3,8-9H;11-12H,1-4H2;7-8H,1-6H2;2*1-4,7-8H;7-8H,1-6H2;12-13H,1-2H2;5-6H,1-4H2;5-6H,3-4H2;3-6H,1-2H2;3-4H,1-2H2. The molecule has 0 spiro atoms. The summed E-state index contributed by atoms with van der Waals surface area (Å²) in [5, 5.41) is 75.3. The van der Waals surface area contributed by atoms with Gasteiger partial charge in [-0.1, -0.05) is 143 Å². The maximum Gasteiger partial charge on any atom is 0.376 e. The second-order valence-electron chi connectivity index (χ2n) is 29.0. The van der Waals surface area contributed by atoms with Crippen LogP contribution in [-0.2, 0) is 44.8 Å². The van der Waals surface area contributed by atoms with Gasteiger partial charge in [0.15, 0.2) is 0 Å². The molecule has 146 heavy (non-hydrogen) atoms. The zero-order valence-electron chi connectivity index (χ0n) is 83.2. The fourth-order valence-electron chi connectivity index (χ4n) is 9.42. The average molecular weight is 2530 g/mol. The summed E-state index contributed by atoms with van der Waals surface area (Å²) in [5.41, 5.74) is 7.99. The van der Waals surface area contributed by atoms with E-state index in [0.29, 0.717) is 50.4 Å². The van der Waals surface area contributed by atoms with Crippen LogP contribution in [0.25, 0.3) is 10.8 Å². The number of carbonyl (C=O) groups is 2. The van der Waals surface area contributed by atoms with Crippen molar-refractivity contribution in [1.82, 2.24) is 0 Å². The van der Waals surface area contributed by atoms with Crippen LogP contribution >= 0.6 is 315 Å². The zero-order valence-corrected chi connectivity index (χ0v) is 105. The molecule has 0 aliphatic rings. The molecular formula is C99H161ClF6O16S24. The molecule has 0 bridgehead atoms. The maximum atomic E-state index is 12.2. The Balaban J connectivity index is -0.000000197. The number of aryl methyl sites for hydroxylation is 3. The Bertz CT molecular complexity index is 3930. The van der Waals surface area contributed by atoms with Crippen molar-refractivity contribution >= 4 is 337 Å². The molecular weight excluding hydrogens is 2360 g/mol. The number of benzene rings is 7. The topological polar surface area (TPSA) is 262 Å². The number of alkyl halides is 6. The van der Waals surface area contributed by atoms with Crippen molar-refractivity contribution in [2.45, 2.75) is 220 Å². The Labute approximate surface area is 1010 Å². The van der Waals surface area contributed by atoms with E-state index in [4.69, 9.17) is 67.0 Å². The van der Waals surface area contributed by atoms with Crippen molar-refractivity contribution in [3.8, 4) is 11.8 Å². The number of aliphatic hydroxyl groups excluding tert-OH is 9. The van der Waals surface area contributed by atoms with Gasteiger partial charge in [0.25, 0.3) is 0 Å². The predicted molar refractivity (Wildman–Crippen MR) is 682 cm³/mol. The highest BCUT2D eigenvalue weighted by molar-refractivity contribution is 7.86. The maximum absolute atomic E-state index is 12.2. The smallest absolute Gasteiger partial charge is 0.376 e. The van der Waals surface area contributed by atoms with Crippen molar-refractivity contribution in [3.63, 3.8) is 0 Å². The van der Waals surface area contributed by atoms with Crippen LogP contribution in [0.2, 0.25) is 5.02 Å². The molecule has 1 unspecified atom stereocenters. The summed E-state index contributed by atoms with van der Waals surface area (Å²) in [5.74, 6) is -2.30.